The molecule has 4 heteroatoms. The van der Waals surface area contributed by atoms with Gasteiger partial charge in [-0.3, -0.25) is 4.79 Å². The minimum Gasteiger partial charge on any atom is -0.390 e. The SMILES string of the molecule is CCCO[C@H]1C[C@@]2(C)C(CC[C@H]3C4CC[C@H](C#N)[C@@]4(C)CC(=O)[C@@H]32)C[C@@H]1O. The van der Waals surface area contributed by atoms with Gasteiger partial charge in [-0.25, -0.2) is 0 Å². The Kier molecular flexibility index (Phi) is 4.92. The van der Waals surface area contributed by atoms with Crippen LogP contribution >= 0.6 is 0 Å². The monoisotopic (exact) mass is 373 g/mol. The molecule has 4 aliphatic rings. The molecule has 0 bridgehead atoms. The molecule has 0 aromatic heterocycles. The number of aliphatic hydroxyl groups excluding tert-OH is 1. The lowest BCUT2D eigenvalue weighted by Gasteiger charge is -2.60. The van der Waals surface area contributed by atoms with Gasteiger partial charge in [0.05, 0.1) is 24.2 Å². The minimum absolute atomic E-state index is 0.0340. The second-order valence-electron chi connectivity index (χ2n) is 10.4. The number of nitriles is 1. The van der Waals surface area contributed by atoms with Gasteiger partial charge < -0.3 is 9.84 Å². The fourth-order valence-electron chi connectivity index (χ4n) is 7.72. The maximum atomic E-state index is 13.5. The molecule has 0 heterocycles. The van der Waals surface area contributed by atoms with Crippen molar-refractivity contribution in [2.75, 3.05) is 6.61 Å². The molecule has 150 valence electrons. The summed E-state index contributed by atoms with van der Waals surface area (Å²) >= 11 is 0. The quantitative estimate of drug-likeness (QED) is 0.808. The van der Waals surface area contributed by atoms with Crippen molar-refractivity contribution in [3.63, 3.8) is 0 Å². The molecule has 9 atom stereocenters. The topological polar surface area (TPSA) is 70.3 Å². The lowest BCUT2D eigenvalue weighted by atomic mass is 9.44. The van der Waals surface area contributed by atoms with Crippen molar-refractivity contribution in [3.05, 3.63) is 0 Å². The predicted molar refractivity (Wildman–Crippen MR) is 103 cm³/mol. The fourth-order valence-corrected chi connectivity index (χ4v) is 7.72. The number of ketones is 1. The molecule has 4 aliphatic carbocycles. The summed E-state index contributed by atoms with van der Waals surface area (Å²) in [6.45, 7) is 7.28. The second kappa shape index (κ2) is 6.85. The average molecular weight is 374 g/mol. The Morgan fingerprint density at radius 1 is 1.22 bits per heavy atom. The van der Waals surface area contributed by atoms with Crippen LogP contribution in [0.4, 0.5) is 0 Å². The first-order chi connectivity index (χ1) is 12.8. The van der Waals surface area contributed by atoms with Gasteiger partial charge in [0.2, 0.25) is 0 Å². The van der Waals surface area contributed by atoms with Crippen LogP contribution in [0.2, 0.25) is 0 Å². The number of Topliss-reactive ketones (excluding diaryl/α,β-unsaturated/α-hetero) is 1. The van der Waals surface area contributed by atoms with E-state index in [0.717, 1.165) is 44.9 Å². The molecule has 0 amide bonds. The van der Waals surface area contributed by atoms with Gasteiger partial charge in [0.1, 0.15) is 5.78 Å². The third-order valence-corrected chi connectivity index (χ3v) is 9.04. The van der Waals surface area contributed by atoms with E-state index in [4.69, 9.17) is 4.74 Å². The van der Waals surface area contributed by atoms with E-state index in [9.17, 15) is 15.2 Å². The van der Waals surface area contributed by atoms with Crippen molar-refractivity contribution in [3.8, 4) is 6.07 Å². The molecule has 4 saturated carbocycles. The van der Waals surface area contributed by atoms with Gasteiger partial charge in [-0.1, -0.05) is 20.8 Å². The van der Waals surface area contributed by atoms with Crippen LogP contribution in [-0.2, 0) is 9.53 Å². The van der Waals surface area contributed by atoms with E-state index in [1.165, 1.54) is 0 Å². The number of hydrogen-bond acceptors (Lipinski definition) is 4. The number of carbonyl (C=O) groups excluding carboxylic acids is 1. The highest BCUT2D eigenvalue weighted by molar-refractivity contribution is 5.84. The molecule has 0 aromatic carbocycles. The van der Waals surface area contributed by atoms with E-state index >= 15 is 0 Å². The average Bonchev–Trinajstić information content (AvgIpc) is 2.95. The zero-order valence-electron chi connectivity index (χ0n) is 17.1. The fraction of sp³-hybridized carbons (Fsp3) is 0.913. The number of nitrogens with zero attached hydrogens (tertiary/aromatic N) is 1. The molecule has 0 saturated heterocycles. The molecule has 27 heavy (non-hydrogen) atoms. The van der Waals surface area contributed by atoms with Gasteiger partial charge in [0, 0.05) is 18.9 Å². The van der Waals surface area contributed by atoms with Crippen LogP contribution in [0, 0.1) is 51.8 Å². The molecule has 0 aromatic rings. The molecular weight excluding hydrogens is 338 g/mol. The van der Waals surface area contributed by atoms with Gasteiger partial charge in [-0.05, 0) is 73.5 Å². The molecular formula is C23H35NO3. The Morgan fingerprint density at radius 3 is 2.70 bits per heavy atom. The number of rotatable bonds is 3. The van der Waals surface area contributed by atoms with Crippen LogP contribution in [0.1, 0.15) is 72.1 Å². The second-order valence-corrected chi connectivity index (χ2v) is 10.4. The number of ether oxygens (including phenoxy) is 1. The van der Waals surface area contributed by atoms with Crippen LogP contribution < -0.4 is 0 Å². The van der Waals surface area contributed by atoms with Crippen LogP contribution in [0.15, 0.2) is 0 Å². The summed E-state index contributed by atoms with van der Waals surface area (Å²) in [6.07, 6.45) is 6.80. The van der Waals surface area contributed by atoms with Gasteiger partial charge in [0.25, 0.3) is 0 Å². The highest BCUT2D eigenvalue weighted by atomic mass is 16.5. The van der Waals surface area contributed by atoms with Crippen LogP contribution in [0.25, 0.3) is 0 Å². The van der Waals surface area contributed by atoms with Crippen LogP contribution in [0.3, 0.4) is 0 Å². The summed E-state index contributed by atoms with van der Waals surface area (Å²) in [4.78, 5) is 13.5. The zero-order chi connectivity index (χ0) is 19.4. The summed E-state index contributed by atoms with van der Waals surface area (Å²) < 4.78 is 6.01. The first kappa shape index (κ1) is 19.4. The molecule has 4 rings (SSSR count). The molecule has 0 spiro atoms. The van der Waals surface area contributed by atoms with Crippen molar-refractivity contribution >= 4 is 5.78 Å². The smallest absolute Gasteiger partial charge is 0.137 e. The maximum Gasteiger partial charge on any atom is 0.137 e. The largest absolute Gasteiger partial charge is 0.390 e. The number of carbonyl (C=O) groups is 1. The van der Waals surface area contributed by atoms with Gasteiger partial charge in [-0.15, -0.1) is 0 Å². The van der Waals surface area contributed by atoms with E-state index in [1.807, 2.05) is 0 Å². The summed E-state index contributed by atoms with van der Waals surface area (Å²) in [5.74, 6) is 1.84. The maximum absolute atomic E-state index is 13.5. The van der Waals surface area contributed by atoms with Crippen molar-refractivity contribution in [1.29, 1.82) is 5.26 Å². The summed E-state index contributed by atoms with van der Waals surface area (Å²) in [6, 6.07) is 2.52. The van der Waals surface area contributed by atoms with E-state index in [0.29, 0.717) is 36.6 Å². The Hall–Kier alpha value is -0.920. The number of fused-ring (bicyclic) bond motifs is 5. The minimum atomic E-state index is -0.399. The lowest BCUT2D eigenvalue weighted by Crippen LogP contribution is -2.60. The van der Waals surface area contributed by atoms with Crippen molar-refractivity contribution in [2.24, 2.45) is 40.4 Å². The Balaban J connectivity index is 1.63. The first-order valence-electron chi connectivity index (χ1n) is 11.1. The molecule has 0 aliphatic heterocycles. The Bertz CT molecular complexity index is 642. The van der Waals surface area contributed by atoms with E-state index in [-0.39, 0.29) is 28.8 Å². The van der Waals surface area contributed by atoms with E-state index < -0.39 is 6.10 Å². The standard InChI is InChI=1S/C23H35NO3/c1-4-9-27-20-12-23(3)14(10-18(20)25)5-7-16-17-8-6-15(13-24)22(17,2)11-19(26)21(16)23/h14-18,20-21,25H,4-12H2,1-3H3/t14?,15-,16+,17?,18+,20+,21-,22-,23+/m1/s1. The van der Waals surface area contributed by atoms with E-state index in [1.54, 1.807) is 0 Å². The number of hydrogen-bond donors (Lipinski definition) is 1. The first-order valence-corrected chi connectivity index (χ1v) is 11.1. The van der Waals surface area contributed by atoms with Crippen LogP contribution in [0.5, 0.6) is 0 Å². The van der Waals surface area contributed by atoms with Crippen molar-refractivity contribution in [2.45, 2.75) is 84.3 Å². The van der Waals surface area contributed by atoms with Crippen molar-refractivity contribution in [1.82, 2.24) is 0 Å². The molecule has 1 N–H and O–H groups in total. The van der Waals surface area contributed by atoms with Gasteiger partial charge in [-0.2, -0.15) is 5.26 Å². The number of aliphatic hydroxyl groups is 1. The van der Waals surface area contributed by atoms with Gasteiger partial charge in [0.15, 0.2) is 0 Å². The Labute approximate surface area is 163 Å². The highest BCUT2D eigenvalue weighted by Crippen LogP contribution is 2.66. The summed E-state index contributed by atoms with van der Waals surface area (Å²) in [5.41, 5.74) is -0.188. The van der Waals surface area contributed by atoms with Crippen LogP contribution in [-0.4, -0.2) is 29.7 Å². The lowest BCUT2D eigenvalue weighted by molar-refractivity contribution is -0.179. The summed E-state index contributed by atoms with van der Waals surface area (Å²) in [7, 11) is 0. The molecule has 0 radical (unpaired) electrons. The molecule has 4 fully saturated rings. The highest BCUT2D eigenvalue weighted by Gasteiger charge is 2.64. The third kappa shape index (κ3) is 2.80. The molecule has 2 unspecified atom stereocenters. The van der Waals surface area contributed by atoms with Crippen molar-refractivity contribution < 1.29 is 14.6 Å². The summed E-state index contributed by atoms with van der Waals surface area (Å²) in [5, 5.41) is 20.3. The normalized spacial score (nSPS) is 51.8. The molecule has 4 nitrogen and oxygen atoms in total. The Morgan fingerprint density at radius 2 is 2.00 bits per heavy atom. The van der Waals surface area contributed by atoms with E-state index in [2.05, 4.69) is 26.8 Å². The third-order valence-electron chi connectivity index (χ3n) is 9.04. The van der Waals surface area contributed by atoms with Gasteiger partial charge >= 0.3 is 0 Å². The predicted octanol–water partition coefficient (Wildman–Crippen LogP) is 4.11. The zero-order valence-corrected chi connectivity index (χ0v) is 17.1.